The number of anilines is 1. The van der Waals surface area contributed by atoms with Crippen LogP contribution in [0.25, 0.3) is 22.4 Å². The molecule has 2 aromatic heterocycles. The van der Waals surface area contributed by atoms with Crippen molar-refractivity contribution in [3.8, 4) is 22.4 Å². The number of benzene rings is 3. The maximum Gasteiger partial charge on any atom is 0.416 e. The summed E-state index contributed by atoms with van der Waals surface area (Å²) in [7, 11) is 0. The van der Waals surface area contributed by atoms with Crippen LogP contribution in [0.5, 0.6) is 0 Å². The molecule has 0 saturated heterocycles. The van der Waals surface area contributed by atoms with Crippen molar-refractivity contribution in [2.45, 2.75) is 38.6 Å². The Kier molecular flexibility index (Phi) is 9.23. The molecule has 0 saturated carbocycles. The average Bonchev–Trinajstić information content (AvgIpc) is 3.08. The van der Waals surface area contributed by atoms with Crippen LogP contribution in [0.15, 0.2) is 119 Å². The van der Waals surface area contributed by atoms with Crippen LogP contribution in [0, 0.1) is 0 Å². The van der Waals surface area contributed by atoms with E-state index in [4.69, 9.17) is 9.82 Å². The van der Waals surface area contributed by atoms with E-state index in [1.54, 1.807) is 29.1 Å². The molecule has 0 N–H and O–H groups in total. The van der Waals surface area contributed by atoms with Crippen LogP contribution in [0.4, 0.5) is 19.1 Å². The summed E-state index contributed by atoms with van der Waals surface area (Å²) in [6.07, 6.45) is 0.611. The summed E-state index contributed by atoms with van der Waals surface area (Å²) in [5.41, 5.74) is 2.87. The van der Waals surface area contributed by atoms with Crippen LogP contribution < -0.4 is 10.5 Å². The molecule has 6 rings (SSSR count). The predicted octanol–water partition coefficient (Wildman–Crippen LogP) is 7.41. The molecule has 0 amide bonds. The van der Waals surface area contributed by atoms with E-state index in [1.165, 1.54) is 12.1 Å². The van der Waals surface area contributed by atoms with E-state index in [-0.39, 0.29) is 11.1 Å². The molecule has 1 aliphatic heterocycles. The maximum atomic E-state index is 14.2. The van der Waals surface area contributed by atoms with E-state index in [2.05, 4.69) is 22.3 Å². The lowest BCUT2D eigenvalue weighted by molar-refractivity contribution is -0.137. The minimum absolute atomic E-state index is 0.118. The largest absolute Gasteiger partial charge is 0.416 e. The fourth-order valence-electron chi connectivity index (χ4n) is 5.57. The SMILES string of the molecule is O=c1c(-c2cccc(C(F)(F)F)c2)c(-c2ccncc2)nc2n1CCCN2C/C(CCc1ccccc1)=N/OCc1ccccc1. The number of halogens is 3. The van der Waals surface area contributed by atoms with Crippen molar-refractivity contribution in [1.29, 1.82) is 0 Å². The Morgan fingerprint density at radius 1 is 0.848 bits per heavy atom. The molecule has 0 bridgehead atoms. The van der Waals surface area contributed by atoms with Gasteiger partial charge >= 0.3 is 6.18 Å². The van der Waals surface area contributed by atoms with Gasteiger partial charge in [-0.25, -0.2) is 4.98 Å². The summed E-state index contributed by atoms with van der Waals surface area (Å²) in [5, 5.41) is 4.55. The minimum Gasteiger partial charge on any atom is -0.391 e. The highest BCUT2D eigenvalue weighted by Crippen LogP contribution is 2.35. The number of aryl methyl sites for hydroxylation is 1. The zero-order valence-electron chi connectivity index (χ0n) is 25.0. The van der Waals surface area contributed by atoms with E-state index in [0.717, 1.165) is 35.4 Å². The number of rotatable bonds is 10. The highest BCUT2D eigenvalue weighted by Gasteiger charge is 2.32. The van der Waals surface area contributed by atoms with E-state index < -0.39 is 17.3 Å². The van der Waals surface area contributed by atoms with Crippen LogP contribution in [-0.4, -0.2) is 33.3 Å². The zero-order chi connectivity index (χ0) is 31.9. The molecule has 0 aliphatic carbocycles. The summed E-state index contributed by atoms with van der Waals surface area (Å²) in [6.45, 7) is 1.69. The molecule has 46 heavy (non-hydrogen) atoms. The molecule has 10 heteroatoms. The Labute approximate surface area is 264 Å². The van der Waals surface area contributed by atoms with Crippen molar-refractivity contribution >= 4 is 11.7 Å². The third kappa shape index (κ3) is 7.17. The second-order valence-corrected chi connectivity index (χ2v) is 11.1. The monoisotopic (exact) mass is 623 g/mol. The number of aromatic nitrogens is 3. The molecule has 3 heterocycles. The number of hydrogen-bond acceptors (Lipinski definition) is 6. The van der Waals surface area contributed by atoms with Crippen LogP contribution in [0.1, 0.15) is 29.5 Å². The van der Waals surface area contributed by atoms with Crippen LogP contribution >= 0.6 is 0 Å². The van der Waals surface area contributed by atoms with Crippen molar-refractivity contribution in [1.82, 2.24) is 14.5 Å². The van der Waals surface area contributed by atoms with Crippen molar-refractivity contribution < 1.29 is 18.0 Å². The predicted molar refractivity (Wildman–Crippen MR) is 172 cm³/mol. The second-order valence-electron chi connectivity index (χ2n) is 11.1. The normalized spacial score (nSPS) is 13.4. The minimum atomic E-state index is -4.56. The number of oxime groups is 1. The molecule has 7 nitrogen and oxygen atoms in total. The van der Waals surface area contributed by atoms with Gasteiger partial charge in [0.25, 0.3) is 5.56 Å². The highest BCUT2D eigenvalue weighted by molar-refractivity contribution is 5.89. The molecule has 0 unspecified atom stereocenters. The Hall–Kier alpha value is -5.25. The Morgan fingerprint density at radius 3 is 2.28 bits per heavy atom. The summed E-state index contributed by atoms with van der Waals surface area (Å²) >= 11 is 0. The van der Waals surface area contributed by atoms with Gasteiger partial charge in [0.2, 0.25) is 5.95 Å². The van der Waals surface area contributed by atoms with Gasteiger partial charge in [-0.3, -0.25) is 14.3 Å². The lowest BCUT2D eigenvalue weighted by Crippen LogP contribution is -2.42. The topological polar surface area (TPSA) is 72.6 Å². The number of hydrogen-bond donors (Lipinski definition) is 0. The molecule has 234 valence electrons. The first-order valence-electron chi connectivity index (χ1n) is 15.1. The van der Waals surface area contributed by atoms with Gasteiger partial charge in [0.15, 0.2) is 0 Å². The number of nitrogens with zero attached hydrogens (tertiary/aromatic N) is 5. The summed E-state index contributed by atoms with van der Waals surface area (Å²) in [4.78, 5) is 31.0. The van der Waals surface area contributed by atoms with Crippen LogP contribution in [-0.2, 0) is 30.6 Å². The molecular weight excluding hydrogens is 591 g/mol. The first kappa shape index (κ1) is 30.8. The fraction of sp³-hybridized carbons (Fsp3) is 0.222. The highest BCUT2D eigenvalue weighted by atomic mass is 19.4. The lowest BCUT2D eigenvalue weighted by atomic mass is 9.99. The Balaban J connectivity index is 1.38. The third-order valence-corrected chi connectivity index (χ3v) is 7.86. The average molecular weight is 624 g/mol. The number of alkyl halides is 3. The lowest BCUT2D eigenvalue weighted by Gasteiger charge is -2.32. The summed E-state index contributed by atoms with van der Waals surface area (Å²) in [6, 6.07) is 28.1. The van der Waals surface area contributed by atoms with Gasteiger partial charge in [-0.15, -0.1) is 0 Å². The first-order valence-corrected chi connectivity index (χ1v) is 15.1. The molecule has 0 spiro atoms. The van der Waals surface area contributed by atoms with E-state index >= 15 is 0 Å². The van der Waals surface area contributed by atoms with Gasteiger partial charge in [-0.05, 0) is 60.2 Å². The number of fused-ring (bicyclic) bond motifs is 1. The van der Waals surface area contributed by atoms with Gasteiger partial charge in [0.05, 0.1) is 29.1 Å². The quantitative estimate of drug-likeness (QED) is 0.120. The molecule has 0 radical (unpaired) electrons. The second kappa shape index (κ2) is 13.8. The van der Waals surface area contributed by atoms with Crippen LogP contribution in [0.3, 0.4) is 0 Å². The van der Waals surface area contributed by atoms with Gasteiger partial charge in [0.1, 0.15) is 6.61 Å². The van der Waals surface area contributed by atoms with Crippen molar-refractivity contribution in [2.75, 3.05) is 18.0 Å². The van der Waals surface area contributed by atoms with E-state index in [1.807, 2.05) is 53.4 Å². The van der Waals surface area contributed by atoms with Gasteiger partial charge < -0.3 is 9.74 Å². The van der Waals surface area contributed by atoms with E-state index in [0.29, 0.717) is 56.3 Å². The Morgan fingerprint density at radius 2 is 1.57 bits per heavy atom. The molecule has 0 atom stereocenters. The van der Waals surface area contributed by atoms with Gasteiger partial charge in [0, 0.05) is 31.0 Å². The van der Waals surface area contributed by atoms with Gasteiger partial charge in [-0.2, -0.15) is 13.2 Å². The molecule has 0 fully saturated rings. The maximum absolute atomic E-state index is 14.2. The smallest absolute Gasteiger partial charge is 0.391 e. The fourth-order valence-corrected chi connectivity index (χ4v) is 5.57. The zero-order valence-corrected chi connectivity index (χ0v) is 25.0. The molecule has 1 aliphatic rings. The molecular formula is C36H32F3N5O2. The van der Waals surface area contributed by atoms with Crippen molar-refractivity contribution in [3.05, 3.63) is 136 Å². The first-order chi connectivity index (χ1) is 22.4. The third-order valence-electron chi connectivity index (χ3n) is 7.86. The van der Waals surface area contributed by atoms with Gasteiger partial charge in [-0.1, -0.05) is 78.0 Å². The van der Waals surface area contributed by atoms with E-state index in [9.17, 15) is 18.0 Å². The summed E-state index contributed by atoms with van der Waals surface area (Å²) in [5.74, 6) is 0.439. The molecule has 5 aromatic rings. The number of pyridine rings is 1. The van der Waals surface area contributed by atoms with Crippen LogP contribution in [0.2, 0.25) is 0 Å². The molecule has 3 aromatic carbocycles. The standard InChI is InChI=1S/C36H32F3N5O2/c37-36(38,39)30-14-7-13-29(23-30)32-33(28-17-19-40-20-18-28)41-35-43(21-8-22-44(35)34(32)45)24-31(16-15-26-9-3-1-4-10-26)42-46-25-27-11-5-2-6-12-27/h1-7,9-14,17-20,23H,8,15-16,21-22,24-25H2/b42-31+. The Bertz CT molecular complexity index is 1860. The van der Waals surface area contributed by atoms with Crippen molar-refractivity contribution in [2.24, 2.45) is 5.16 Å². The van der Waals surface area contributed by atoms with Crippen molar-refractivity contribution in [3.63, 3.8) is 0 Å². The summed E-state index contributed by atoms with van der Waals surface area (Å²) < 4.78 is 42.6.